The Morgan fingerprint density at radius 2 is 2.00 bits per heavy atom. The number of hydrogen-bond donors (Lipinski definition) is 0. The summed E-state index contributed by atoms with van der Waals surface area (Å²) < 4.78 is 5.22. The Bertz CT molecular complexity index is 554. The fourth-order valence-electron chi connectivity index (χ4n) is 2.11. The predicted octanol–water partition coefficient (Wildman–Crippen LogP) is 2.79. The van der Waals surface area contributed by atoms with E-state index in [0.717, 1.165) is 23.2 Å². The van der Waals surface area contributed by atoms with E-state index < -0.39 is 5.41 Å². The molecular weight excluding hydrogens is 238 g/mol. The number of rotatable bonds is 5. The van der Waals surface area contributed by atoms with E-state index >= 15 is 0 Å². The fourth-order valence-corrected chi connectivity index (χ4v) is 2.11. The second kappa shape index (κ2) is 5.65. The average molecular weight is 255 g/mol. The van der Waals surface area contributed by atoms with Gasteiger partial charge in [0, 0.05) is 12.4 Å². The van der Waals surface area contributed by atoms with Crippen LogP contribution in [0.4, 0.5) is 0 Å². The quantitative estimate of drug-likeness (QED) is 0.771. The van der Waals surface area contributed by atoms with Crippen molar-refractivity contribution in [1.82, 2.24) is 4.98 Å². The van der Waals surface area contributed by atoms with Gasteiger partial charge in [0.1, 0.15) is 12.0 Å². The van der Waals surface area contributed by atoms with Crippen molar-refractivity contribution in [3.63, 3.8) is 0 Å². The van der Waals surface area contributed by atoms with Gasteiger partial charge in [-0.05, 0) is 48.7 Å². The number of benzene rings is 1. The molecule has 1 atom stereocenters. The molecule has 0 radical (unpaired) electrons. The van der Waals surface area contributed by atoms with E-state index in [1.54, 1.807) is 19.5 Å². The molecule has 19 heavy (non-hydrogen) atoms. The Morgan fingerprint density at radius 3 is 2.63 bits per heavy atom. The maximum Gasteiger partial charge on any atom is 0.130 e. The summed E-state index contributed by atoms with van der Waals surface area (Å²) >= 11 is 0. The highest BCUT2D eigenvalue weighted by molar-refractivity contribution is 5.69. The Labute approximate surface area is 113 Å². The second-order valence-corrected chi connectivity index (χ2v) is 4.80. The summed E-state index contributed by atoms with van der Waals surface area (Å²) in [7, 11) is 1.63. The van der Waals surface area contributed by atoms with Gasteiger partial charge in [0.05, 0.1) is 12.5 Å². The zero-order chi connectivity index (χ0) is 13.7. The first kappa shape index (κ1) is 13.3. The van der Waals surface area contributed by atoms with E-state index in [4.69, 9.17) is 4.74 Å². The first-order valence-electron chi connectivity index (χ1n) is 6.18. The highest BCUT2D eigenvalue weighted by atomic mass is 16.5. The lowest BCUT2D eigenvalue weighted by molar-refractivity contribution is -0.112. The summed E-state index contributed by atoms with van der Waals surface area (Å²) in [6.45, 7) is 1.94. The van der Waals surface area contributed by atoms with Crippen molar-refractivity contribution in [1.29, 1.82) is 0 Å². The second-order valence-electron chi connectivity index (χ2n) is 4.80. The molecule has 0 aliphatic carbocycles. The van der Waals surface area contributed by atoms with Crippen molar-refractivity contribution in [3.8, 4) is 5.75 Å². The standard InChI is InChI=1S/C16H17NO2/c1-16(12-18,11-13-6-8-17-9-7-13)14-4-3-5-15(10-14)19-2/h3-10,12H,11H2,1-2H3. The summed E-state index contributed by atoms with van der Waals surface area (Å²) in [5.74, 6) is 0.764. The minimum Gasteiger partial charge on any atom is -0.497 e. The van der Waals surface area contributed by atoms with E-state index in [1.165, 1.54) is 0 Å². The minimum atomic E-state index is -0.560. The number of carbonyl (C=O) groups is 1. The normalized spacial score (nSPS) is 13.6. The topological polar surface area (TPSA) is 39.2 Å². The summed E-state index contributed by atoms with van der Waals surface area (Å²) in [6.07, 6.45) is 5.13. The molecule has 0 bridgehead atoms. The van der Waals surface area contributed by atoms with E-state index in [0.29, 0.717) is 6.42 Å². The predicted molar refractivity (Wildman–Crippen MR) is 74.4 cm³/mol. The van der Waals surface area contributed by atoms with Crippen molar-refractivity contribution in [2.24, 2.45) is 0 Å². The molecule has 0 N–H and O–H groups in total. The molecule has 1 unspecified atom stereocenters. The van der Waals surface area contributed by atoms with Crippen LogP contribution in [0.5, 0.6) is 5.75 Å². The molecule has 0 saturated heterocycles. The van der Waals surface area contributed by atoms with Gasteiger partial charge in [-0.15, -0.1) is 0 Å². The van der Waals surface area contributed by atoms with Crippen molar-refractivity contribution < 1.29 is 9.53 Å². The molecule has 0 fully saturated rings. The molecule has 0 aliphatic heterocycles. The zero-order valence-electron chi connectivity index (χ0n) is 11.2. The van der Waals surface area contributed by atoms with Gasteiger partial charge in [0.2, 0.25) is 0 Å². The highest BCUT2D eigenvalue weighted by Gasteiger charge is 2.26. The average Bonchev–Trinajstić information content (AvgIpc) is 2.48. The lowest BCUT2D eigenvalue weighted by Crippen LogP contribution is -2.26. The summed E-state index contributed by atoms with van der Waals surface area (Å²) in [6, 6.07) is 11.5. The SMILES string of the molecule is COc1cccc(C(C)(C=O)Cc2ccncc2)c1. The van der Waals surface area contributed by atoms with Gasteiger partial charge in [-0.2, -0.15) is 0 Å². The molecule has 98 valence electrons. The van der Waals surface area contributed by atoms with E-state index in [1.807, 2.05) is 43.3 Å². The van der Waals surface area contributed by atoms with Gasteiger partial charge in [-0.25, -0.2) is 0 Å². The third-order valence-electron chi connectivity index (χ3n) is 3.31. The van der Waals surface area contributed by atoms with E-state index in [2.05, 4.69) is 4.98 Å². The number of nitrogens with zero attached hydrogens (tertiary/aromatic N) is 1. The van der Waals surface area contributed by atoms with Crippen LogP contribution in [-0.4, -0.2) is 18.4 Å². The number of aromatic nitrogens is 1. The van der Waals surface area contributed by atoms with Crippen LogP contribution in [-0.2, 0) is 16.6 Å². The van der Waals surface area contributed by atoms with Crippen LogP contribution >= 0.6 is 0 Å². The van der Waals surface area contributed by atoms with Crippen LogP contribution in [0.1, 0.15) is 18.1 Å². The maximum absolute atomic E-state index is 11.6. The Balaban J connectivity index is 2.33. The Hall–Kier alpha value is -2.16. The van der Waals surface area contributed by atoms with Crippen molar-refractivity contribution >= 4 is 6.29 Å². The molecule has 0 saturated carbocycles. The molecule has 0 amide bonds. The Kier molecular flexibility index (Phi) is 3.95. The monoisotopic (exact) mass is 255 g/mol. The van der Waals surface area contributed by atoms with E-state index in [-0.39, 0.29) is 0 Å². The molecule has 1 heterocycles. The lowest BCUT2D eigenvalue weighted by atomic mass is 9.79. The smallest absolute Gasteiger partial charge is 0.130 e. The number of carbonyl (C=O) groups excluding carboxylic acids is 1. The van der Waals surface area contributed by atoms with Gasteiger partial charge in [-0.1, -0.05) is 12.1 Å². The van der Waals surface area contributed by atoms with Crippen LogP contribution < -0.4 is 4.74 Å². The van der Waals surface area contributed by atoms with Gasteiger partial charge in [-0.3, -0.25) is 4.98 Å². The van der Waals surface area contributed by atoms with E-state index in [9.17, 15) is 4.79 Å². The van der Waals surface area contributed by atoms with Crippen LogP contribution in [0.3, 0.4) is 0 Å². The molecule has 3 nitrogen and oxygen atoms in total. The van der Waals surface area contributed by atoms with Crippen molar-refractivity contribution in [2.45, 2.75) is 18.8 Å². The number of pyridine rings is 1. The number of aldehydes is 1. The number of ether oxygens (including phenoxy) is 1. The molecular formula is C16H17NO2. The summed E-state index contributed by atoms with van der Waals surface area (Å²) in [5.41, 5.74) is 1.49. The van der Waals surface area contributed by atoms with Gasteiger partial charge >= 0.3 is 0 Å². The molecule has 0 spiro atoms. The van der Waals surface area contributed by atoms with Crippen LogP contribution in [0.25, 0.3) is 0 Å². The van der Waals surface area contributed by atoms with Crippen LogP contribution in [0.2, 0.25) is 0 Å². The van der Waals surface area contributed by atoms with Gasteiger partial charge in [0.25, 0.3) is 0 Å². The highest BCUT2D eigenvalue weighted by Crippen LogP contribution is 2.28. The third-order valence-corrected chi connectivity index (χ3v) is 3.31. The molecule has 1 aromatic heterocycles. The first-order chi connectivity index (χ1) is 9.18. The summed E-state index contributed by atoms with van der Waals surface area (Å²) in [4.78, 5) is 15.6. The number of hydrogen-bond acceptors (Lipinski definition) is 3. The Morgan fingerprint density at radius 1 is 1.26 bits per heavy atom. The molecule has 0 aliphatic rings. The fraction of sp³-hybridized carbons (Fsp3) is 0.250. The summed E-state index contributed by atoms with van der Waals surface area (Å²) in [5, 5.41) is 0. The largest absolute Gasteiger partial charge is 0.497 e. The lowest BCUT2D eigenvalue weighted by Gasteiger charge is -2.24. The van der Waals surface area contributed by atoms with Gasteiger partial charge in [0.15, 0.2) is 0 Å². The first-order valence-corrected chi connectivity index (χ1v) is 6.18. The molecule has 2 rings (SSSR count). The van der Waals surface area contributed by atoms with Crippen molar-refractivity contribution in [2.75, 3.05) is 7.11 Å². The van der Waals surface area contributed by atoms with Gasteiger partial charge < -0.3 is 9.53 Å². The minimum absolute atomic E-state index is 0.560. The molecule has 3 heteroatoms. The zero-order valence-corrected chi connectivity index (χ0v) is 11.2. The molecule has 2 aromatic rings. The van der Waals surface area contributed by atoms with Crippen LogP contribution in [0.15, 0.2) is 48.8 Å². The van der Waals surface area contributed by atoms with Crippen molar-refractivity contribution in [3.05, 3.63) is 59.9 Å². The number of methoxy groups -OCH3 is 1. The third kappa shape index (κ3) is 2.99. The van der Waals surface area contributed by atoms with Crippen LogP contribution in [0, 0.1) is 0 Å². The maximum atomic E-state index is 11.6. The molecule has 1 aromatic carbocycles.